The van der Waals surface area contributed by atoms with Crippen molar-refractivity contribution in [1.82, 2.24) is 9.80 Å². The van der Waals surface area contributed by atoms with E-state index in [1.54, 1.807) is 0 Å². The fraction of sp³-hybridized carbons (Fsp3) is 1.00. The van der Waals surface area contributed by atoms with Gasteiger partial charge in [-0.25, -0.2) is 0 Å². The van der Waals surface area contributed by atoms with Gasteiger partial charge in [-0.3, -0.25) is 0 Å². The van der Waals surface area contributed by atoms with E-state index in [4.69, 9.17) is 4.74 Å². The van der Waals surface area contributed by atoms with Crippen LogP contribution >= 0.6 is 0 Å². The summed E-state index contributed by atoms with van der Waals surface area (Å²) >= 11 is 0. The Kier molecular flexibility index (Phi) is 5.22. The molecule has 96 valence electrons. The Hall–Kier alpha value is -0.120. The zero-order chi connectivity index (χ0) is 12.2. The third-order valence-corrected chi connectivity index (χ3v) is 3.76. The van der Waals surface area contributed by atoms with E-state index < -0.39 is 0 Å². The third kappa shape index (κ3) is 2.96. The van der Waals surface area contributed by atoms with Gasteiger partial charge in [0.15, 0.2) is 0 Å². The Morgan fingerprint density at radius 1 is 1.38 bits per heavy atom. The van der Waals surface area contributed by atoms with Crippen molar-refractivity contribution < 1.29 is 4.74 Å². The summed E-state index contributed by atoms with van der Waals surface area (Å²) in [5.74, 6) is 0. The summed E-state index contributed by atoms with van der Waals surface area (Å²) in [6.45, 7) is 10.7. The van der Waals surface area contributed by atoms with Gasteiger partial charge >= 0.3 is 0 Å². The van der Waals surface area contributed by atoms with Gasteiger partial charge in [0.2, 0.25) is 0 Å². The van der Waals surface area contributed by atoms with E-state index in [0.717, 1.165) is 19.7 Å². The summed E-state index contributed by atoms with van der Waals surface area (Å²) in [6, 6.07) is 0.631. The lowest BCUT2D eigenvalue weighted by Gasteiger charge is -2.24. The second-order valence-corrected chi connectivity index (χ2v) is 4.93. The highest BCUT2D eigenvalue weighted by molar-refractivity contribution is 4.98. The van der Waals surface area contributed by atoms with Gasteiger partial charge in [0.25, 0.3) is 0 Å². The van der Waals surface area contributed by atoms with Crippen LogP contribution < -0.4 is 0 Å². The number of hydrogen-bond acceptors (Lipinski definition) is 3. The second kappa shape index (κ2) is 5.99. The molecule has 0 bridgehead atoms. The fourth-order valence-corrected chi connectivity index (χ4v) is 2.63. The minimum atomic E-state index is 0.199. The molecule has 3 heteroatoms. The van der Waals surface area contributed by atoms with Crippen molar-refractivity contribution in [2.45, 2.75) is 45.3 Å². The molecule has 2 fully saturated rings. The number of rotatable bonds is 2. The lowest BCUT2D eigenvalue weighted by Crippen LogP contribution is -2.34. The molecule has 2 aliphatic rings. The van der Waals surface area contributed by atoms with Gasteiger partial charge in [-0.1, -0.05) is 20.8 Å². The molecule has 2 unspecified atom stereocenters. The van der Waals surface area contributed by atoms with Gasteiger partial charge < -0.3 is 14.5 Å². The zero-order valence-corrected chi connectivity index (χ0v) is 11.6. The first-order valence-corrected chi connectivity index (χ1v) is 6.68. The van der Waals surface area contributed by atoms with Crippen LogP contribution in [0.5, 0.6) is 0 Å². The molecule has 2 rings (SSSR count). The van der Waals surface area contributed by atoms with E-state index in [1.807, 2.05) is 13.8 Å². The largest absolute Gasteiger partial charge is 0.372 e. The third-order valence-electron chi connectivity index (χ3n) is 3.76. The molecule has 0 aromatic heterocycles. The lowest BCUT2D eigenvalue weighted by molar-refractivity contribution is 0.0115. The molecule has 3 nitrogen and oxygen atoms in total. The molecule has 0 N–H and O–H groups in total. The van der Waals surface area contributed by atoms with Crippen molar-refractivity contribution in [2.75, 3.05) is 40.3 Å². The highest BCUT2D eigenvalue weighted by Gasteiger charge is 2.45. The Bertz CT molecular complexity index is 208. The van der Waals surface area contributed by atoms with E-state index in [9.17, 15) is 0 Å². The number of ether oxygens (including phenoxy) is 1. The molecule has 0 saturated carbocycles. The van der Waals surface area contributed by atoms with Crippen LogP contribution in [0.2, 0.25) is 0 Å². The van der Waals surface area contributed by atoms with E-state index in [0.29, 0.717) is 6.04 Å². The van der Waals surface area contributed by atoms with Gasteiger partial charge in [-0.2, -0.15) is 0 Å². The molecule has 2 aliphatic heterocycles. The minimum absolute atomic E-state index is 0.199. The monoisotopic (exact) mass is 228 g/mol. The van der Waals surface area contributed by atoms with Crippen LogP contribution in [0.25, 0.3) is 0 Å². The van der Waals surface area contributed by atoms with Crippen molar-refractivity contribution in [3.8, 4) is 0 Å². The average Bonchev–Trinajstić information content (AvgIpc) is 2.90. The molecular formula is C13H28N2O. The van der Waals surface area contributed by atoms with E-state index in [1.165, 1.54) is 19.4 Å². The van der Waals surface area contributed by atoms with Crippen LogP contribution in [-0.4, -0.2) is 61.8 Å². The summed E-state index contributed by atoms with van der Waals surface area (Å²) in [4.78, 5) is 4.79. The molecule has 1 spiro atoms. The van der Waals surface area contributed by atoms with Crippen molar-refractivity contribution >= 4 is 0 Å². The predicted octanol–water partition coefficient (Wildman–Crippen LogP) is 1.83. The van der Waals surface area contributed by atoms with Crippen LogP contribution in [0, 0.1) is 0 Å². The highest BCUT2D eigenvalue weighted by atomic mass is 16.5. The molecule has 2 heterocycles. The normalized spacial score (nSPS) is 34.5. The summed E-state index contributed by atoms with van der Waals surface area (Å²) in [6.07, 6.45) is 2.45. The molecule has 0 aliphatic carbocycles. The van der Waals surface area contributed by atoms with Gasteiger partial charge in [0.05, 0.1) is 12.2 Å². The quantitative estimate of drug-likeness (QED) is 0.717. The Morgan fingerprint density at radius 2 is 2.06 bits per heavy atom. The van der Waals surface area contributed by atoms with Gasteiger partial charge in [-0.05, 0) is 33.5 Å². The SMILES string of the molecule is CC.CCN1CCC2(CC(N(C)C)CO2)C1. The van der Waals surface area contributed by atoms with Crippen LogP contribution in [0.1, 0.15) is 33.6 Å². The van der Waals surface area contributed by atoms with Gasteiger partial charge in [0.1, 0.15) is 0 Å². The van der Waals surface area contributed by atoms with Crippen LogP contribution in [-0.2, 0) is 4.74 Å². The maximum absolute atomic E-state index is 6.02. The van der Waals surface area contributed by atoms with Crippen LogP contribution in [0.15, 0.2) is 0 Å². The van der Waals surface area contributed by atoms with Crippen molar-refractivity contribution in [1.29, 1.82) is 0 Å². The summed E-state index contributed by atoms with van der Waals surface area (Å²) in [5.41, 5.74) is 0.199. The minimum Gasteiger partial charge on any atom is -0.372 e. The highest BCUT2D eigenvalue weighted by Crippen LogP contribution is 2.36. The van der Waals surface area contributed by atoms with E-state index in [-0.39, 0.29) is 5.60 Å². The summed E-state index contributed by atoms with van der Waals surface area (Å²) in [5, 5.41) is 0. The van der Waals surface area contributed by atoms with Crippen molar-refractivity contribution in [3.05, 3.63) is 0 Å². The number of likely N-dealkylation sites (tertiary alicyclic amines) is 1. The Labute approximate surface area is 101 Å². The number of hydrogen-bond donors (Lipinski definition) is 0. The molecule has 2 atom stereocenters. The first-order chi connectivity index (χ1) is 7.65. The molecular weight excluding hydrogens is 200 g/mol. The molecule has 2 saturated heterocycles. The average molecular weight is 228 g/mol. The number of likely N-dealkylation sites (N-methyl/N-ethyl adjacent to an activating group) is 2. The summed E-state index contributed by atoms with van der Waals surface area (Å²) in [7, 11) is 4.30. The lowest BCUT2D eigenvalue weighted by atomic mass is 9.97. The molecule has 0 aromatic rings. The zero-order valence-electron chi connectivity index (χ0n) is 11.6. The van der Waals surface area contributed by atoms with Crippen LogP contribution in [0.4, 0.5) is 0 Å². The molecule has 0 amide bonds. The molecule has 0 radical (unpaired) electrons. The molecule has 0 aromatic carbocycles. The first kappa shape index (κ1) is 13.9. The van der Waals surface area contributed by atoms with Gasteiger partial charge in [-0.15, -0.1) is 0 Å². The van der Waals surface area contributed by atoms with Gasteiger partial charge in [0, 0.05) is 19.1 Å². The smallest absolute Gasteiger partial charge is 0.0837 e. The predicted molar refractivity (Wildman–Crippen MR) is 68.9 cm³/mol. The number of nitrogens with zero attached hydrogens (tertiary/aromatic N) is 2. The second-order valence-electron chi connectivity index (χ2n) is 4.93. The Balaban J connectivity index is 0.000000606. The summed E-state index contributed by atoms with van der Waals surface area (Å²) < 4.78 is 6.02. The maximum atomic E-state index is 6.02. The Morgan fingerprint density at radius 3 is 2.50 bits per heavy atom. The van der Waals surface area contributed by atoms with Crippen molar-refractivity contribution in [2.24, 2.45) is 0 Å². The fourth-order valence-electron chi connectivity index (χ4n) is 2.63. The molecule has 16 heavy (non-hydrogen) atoms. The van der Waals surface area contributed by atoms with Crippen molar-refractivity contribution in [3.63, 3.8) is 0 Å². The maximum Gasteiger partial charge on any atom is 0.0837 e. The topological polar surface area (TPSA) is 15.7 Å². The van der Waals surface area contributed by atoms with Crippen LogP contribution in [0.3, 0.4) is 0 Å². The van der Waals surface area contributed by atoms with E-state index in [2.05, 4.69) is 30.8 Å². The first-order valence-electron chi connectivity index (χ1n) is 6.68. The van der Waals surface area contributed by atoms with E-state index >= 15 is 0 Å². The standard InChI is InChI=1S/C11H22N2O.C2H6/c1-4-13-6-5-11(9-13)7-10(8-14-11)12(2)3;1-2/h10H,4-9H2,1-3H3;1-2H3.